The number of ether oxygens (including phenoxy) is 3. The average Bonchev–Trinajstić information content (AvgIpc) is 3.00. The molecule has 3 aromatic carbocycles. The standard InChI is InChI=1S/C35H47NO5Si/c1-28(41-42(35(2,3)4,31-20-12-8-13-21-31)32-22-14-9-15-23-32)25-26-30(19-16-24-33(38-5)39-6)36-34(37)40-27-29-17-10-7-11-18-29/h7-15,17-18,20-23,25-26,28,30,33H,16,19,24,27H2,1-6H3,(H,36,37)/t28-,30-/m1/s1. The molecule has 7 heteroatoms. The highest BCUT2D eigenvalue weighted by molar-refractivity contribution is 6.99. The van der Waals surface area contributed by atoms with Crippen LogP contribution >= 0.6 is 0 Å². The van der Waals surface area contributed by atoms with Gasteiger partial charge in [0.1, 0.15) is 6.61 Å². The van der Waals surface area contributed by atoms with Crippen molar-refractivity contribution in [1.29, 1.82) is 0 Å². The normalized spacial score (nSPS) is 13.7. The van der Waals surface area contributed by atoms with Gasteiger partial charge < -0.3 is 24.0 Å². The summed E-state index contributed by atoms with van der Waals surface area (Å²) in [5.74, 6) is 0. The van der Waals surface area contributed by atoms with Crippen LogP contribution in [0.15, 0.2) is 103 Å². The van der Waals surface area contributed by atoms with Crippen LogP contribution in [-0.4, -0.2) is 47.1 Å². The lowest BCUT2D eigenvalue weighted by Gasteiger charge is -2.44. The first-order valence-electron chi connectivity index (χ1n) is 14.7. The Morgan fingerprint density at radius 3 is 1.83 bits per heavy atom. The zero-order valence-electron chi connectivity index (χ0n) is 25.9. The molecule has 0 saturated heterocycles. The number of hydrogen-bond acceptors (Lipinski definition) is 5. The number of carbonyl (C=O) groups excluding carboxylic acids is 1. The molecular formula is C35H47NO5Si. The SMILES string of the molecule is COC(CCC[C@H](C=C[C@@H](C)O[Si](c1ccccc1)(c1ccccc1)C(C)(C)C)NC(=O)OCc1ccccc1)OC. The zero-order valence-corrected chi connectivity index (χ0v) is 26.9. The molecule has 0 radical (unpaired) electrons. The summed E-state index contributed by atoms with van der Waals surface area (Å²) in [7, 11) is 0.554. The number of nitrogens with one attached hydrogen (secondary N) is 1. The Balaban J connectivity index is 1.81. The molecule has 0 fully saturated rings. The van der Waals surface area contributed by atoms with E-state index < -0.39 is 14.4 Å². The number of carbonyl (C=O) groups is 1. The van der Waals surface area contributed by atoms with E-state index in [0.717, 1.165) is 12.0 Å². The van der Waals surface area contributed by atoms with Crippen LogP contribution in [0.25, 0.3) is 0 Å². The van der Waals surface area contributed by atoms with Crippen molar-refractivity contribution in [2.75, 3.05) is 14.2 Å². The van der Waals surface area contributed by atoms with Gasteiger partial charge in [0.2, 0.25) is 0 Å². The van der Waals surface area contributed by atoms with Crippen molar-refractivity contribution in [2.24, 2.45) is 0 Å². The molecule has 0 aliphatic heterocycles. The number of methoxy groups -OCH3 is 2. The Hall–Kier alpha value is -3.23. The van der Waals surface area contributed by atoms with Crippen molar-refractivity contribution in [3.05, 3.63) is 109 Å². The van der Waals surface area contributed by atoms with E-state index >= 15 is 0 Å². The zero-order chi connectivity index (χ0) is 30.4. The molecule has 1 N–H and O–H groups in total. The molecule has 0 aliphatic rings. The predicted molar refractivity (Wildman–Crippen MR) is 173 cm³/mol. The van der Waals surface area contributed by atoms with E-state index in [-0.39, 0.29) is 30.1 Å². The molecule has 0 aromatic heterocycles. The Morgan fingerprint density at radius 2 is 1.33 bits per heavy atom. The summed E-state index contributed by atoms with van der Waals surface area (Å²) < 4.78 is 23.4. The molecule has 0 spiro atoms. The minimum atomic E-state index is -2.71. The van der Waals surface area contributed by atoms with Crippen molar-refractivity contribution in [1.82, 2.24) is 5.32 Å². The quantitative estimate of drug-likeness (QED) is 0.123. The molecule has 6 nitrogen and oxygen atoms in total. The fourth-order valence-corrected chi connectivity index (χ4v) is 9.92. The fraction of sp³-hybridized carbons (Fsp3) is 0.400. The lowest BCUT2D eigenvalue weighted by atomic mass is 10.1. The maximum Gasteiger partial charge on any atom is 0.407 e. The maximum atomic E-state index is 12.8. The third kappa shape index (κ3) is 9.39. The first kappa shape index (κ1) is 33.3. The van der Waals surface area contributed by atoms with Crippen LogP contribution in [0, 0.1) is 0 Å². The highest BCUT2D eigenvalue weighted by atomic mass is 28.4. The third-order valence-electron chi connectivity index (χ3n) is 7.39. The van der Waals surface area contributed by atoms with Gasteiger partial charge in [0.05, 0.1) is 12.1 Å². The second-order valence-corrected chi connectivity index (χ2v) is 15.8. The Morgan fingerprint density at radius 1 is 0.810 bits per heavy atom. The first-order chi connectivity index (χ1) is 20.2. The van der Waals surface area contributed by atoms with Gasteiger partial charge in [-0.15, -0.1) is 0 Å². The largest absolute Gasteiger partial charge is 0.445 e. The number of benzene rings is 3. The lowest BCUT2D eigenvalue weighted by molar-refractivity contribution is -0.107. The number of amides is 1. The van der Waals surface area contributed by atoms with Crippen LogP contribution in [-0.2, 0) is 25.2 Å². The Kier molecular flexibility index (Phi) is 13.0. The molecule has 0 unspecified atom stereocenters. The molecule has 0 saturated carbocycles. The van der Waals surface area contributed by atoms with E-state index in [4.69, 9.17) is 18.6 Å². The van der Waals surface area contributed by atoms with Gasteiger partial charge in [-0.3, -0.25) is 0 Å². The number of hydrogen-bond donors (Lipinski definition) is 1. The molecular weight excluding hydrogens is 542 g/mol. The van der Waals surface area contributed by atoms with E-state index in [2.05, 4.69) is 87.6 Å². The van der Waals surface area contributed by atoms with Gasteiger partial charge in [-0.05, 0) is 47.2 Å². The van der Waals surface area contributed by atoms with Crippen molar-refractivity contribution < 1.29 is 23.4 Å². The van der Waals surface area contributed by atoms with Crippen molar-refractivity contribution in [3.63, 3.8) is 0 Å². The van der Waals surface area contributed by atoms with Gasteiger partial charge in [-0.2, -0.15) is 0 Å². The van der Waals surface area contributed by atoms with Gasteiger partial charge in [0.15, 0.2) is 6.29 Å². The molecule has 226 valence electrons. The summed E-state index contributed by atoms with van der Waals surface area (Å²) in [5, 5.41) is 5.36. The van der Waals surface area contributed by atoms with Crippen molar-refractivity contribution in [2.45, 2.75) is 77.0 Å². The van der Waals surface area contributed by atoms with Crippen LogP contribution < -0.4 is 15.7 Å². The van der Waals surface area contributed by atoms with E-state index in [1.54, 1.807) is 14.2 Å². The topological polar surface area (TPSA) is 66.0 Å². The summed E-state index contributed by atoms with van der Waals surface area (Å²) in [5.41, 5.74) is 0.940. The summed E-state index contributed by atoms with van der Waals surface area (Å²) >= 11 is 0. The summed E-state index contributed by atoms with van der Waals surface area (Å²) in [4.78, 5) is 12.8. The van der Waals surface area contributed by atoms with E-state index in [1.807, 2.05) is 48.5 Å². The lowest BCUT2D eigenvalue weighted by Crippen LogP contribution is -2.67. The molecule has 0 heterocycles. The minimum absolute atomic E-state index is 0.133. The van der Waals surface area contributed by atoms with Crippen LogP contribution in [0.2, 0.25) is 5.04 Å². The average molecular weight is 590 g/mol. The first-order valence-corrected chi connectivity index (χ1v) is 16.6. The van der Waals surface area contributed by atoms with E-state index in [1.165, 1.54) is 10.4 Å². The van der Waals surface area contributed by atoms with Gasteiger partial charge in [0, 0.05) is 14.2 Å². The van der Waals surface area contributed by atoms with Gasteiger partial charge >= 0.3 is 6.09 Å². The monoisotopic (exact) mass is 589 g/mol. The highest BCUT2D eigenvalue weighted by Crippen LogP contribution is 2.37. The molecule has 0 aliphatic carbocycles. The number of rotatable bonds is 15. The molecule has 3 aromatic rings. The fourth-order valence-electron chi connectivity index (χ4n) is 5.27. The van der Waals surface area contributed by atoms with Crippen molar-refractivity contribution >= 4 is 24.8 Å². The third-order valence-corrected chi connectivity index (χ3v) is 12.5. The summed E-state index contributed by atoms with van der Waals surface area (Å²) in [6, 6.07) is 30.6. The van der Waals surface area contributed by atoms with Crippen LogP contribution in [0.4, 0.5) is 4.79 Å². The maximum absolute atomic E-state index is 12.8. The highest BCUT2D eigenvalue weighted by Gasteiger charge is 2.50. The minimum Gasteiger partial charge on any atom is -0.445 e. The van der Waals surface area contributed by atoms with E-state index in [0.29, 0.717) is 12.8 Å². The molecule has 42 heavy (non-hydrogen) atoms. The summed E-state index contributed by atoms with van der Waals surface area (Å²) in [6.45, 7) is 9.10. The smallest absolute Gasteiger partial charge is 0.407 e. The van der Waals surface area contributed by atoms with Crippen LogP contribution in [0.3, 0.4) is 0 Å². The Bertz CT molecular complexity index is 1170. The van der Waals surface area contributed by atoms with Crippen LogP contribution in [0.5, 0.6) is 0 Å². The van der Waals surface area contributed by atoms with Gasteiger partial charge in [-0.25, -0.2) is 4.79 Å². The molecule has 3 rings (SSSR count). The predicted octanol–water partition coefficient (Wildman–Crippen LogP) is 6.59. The van der Waals surface area contributed by atoms with Crippen molar-refractivity contribution in [3.8, 4) is 0 Å². The van der Waals surface area contributed by atoms with E-state index in [9.17, 15) is 4.79 Å². The second-order valence-electron chi connectivity index (χ2n) is 11.5. The second kappa shape index (κ2) is 16.4. The molecule has 1 amide bonds. The summed E-state index contributed by atoms with van der Waals surface area (Å²) in [6.07, 6.45) is 5.36. The van der Waals surface area contributed by atoms with Crippen LogP contribution in [0.1, 0.15) is 52.5 Å². The number of alkyl carbamates (subject to hydrolysis) is 1. The van der Waals surface area contributed by atoms with Gasteiger partial charge in [-0.1, -0.05) is 124 Å². The molecule has 0 bridgehead atoms. The Labute approximate surface area is 253 Å². The van der Waals surface area contributed by atoms with Gasteiger partial charge in [0.25, 0.3) is 8.32 Å². The molecule has 2 atom stereocenters.